The zero-order valence-electron chi connectivity index (χ0n) is 9.35. The maximum absolute atomic E-state index is 11.2. The number of likely N-dealkylation sites (tertiary alicyclic amines) is 1. The van der Waals surface area contributed by atoms with Crippen LogP contribution in [0.15, 0.2) is 0 Å². The van der Waals surface area contributed by atoms with Gasteiger partial charge in [-0.2, -0.15) is 11.8 Å². The Balaban J connectivity index is 2.11. The van der Waals surface area contributed by atoms with Crippen LogP contribution in [0.2, 0.25) is 0 Å². The largest absolute Gasteiger partial charge is 0.480 e. The van der Waals surface area contributed by atoms with Gasteiger partial charge in [-0.05, 0) is 31.1 Å². The number of hydrogen-bond donors (Lipinski definition) is 1. The molecule has 0 amide bonds. The first-order chi connectivity index (χ1) is 7.11. The lowest BCUT2D eigenvalue weighted by molar-refractivity contribution is -0.144. The van der Waals surface area contributed by atoms with Gasteiger partial charge in [-0.3, -0.25) is 9.69 Å². The summed E-state index contributed by atoms with van der Waals surface area (Å²) >= 11 is 1.97. The minimum absolute atomic E-state index is 0.240. The van der Waals surface area contributed by atoms with Crippen LogP contribution in [0.4, 0.5) is 0 Å². The van der Waals surface area contributed by atoms with E-state index in [2.05, 4.69) is 18.7 Å². The number of rotatable bonds is 2. The normalized spacial score (nSPS) is 42.3. The Morgan fingerprint density at radius 2 is 2.13 bits per heavy atom. The number of carboxylic acid groups (broad SMARTS) is 1. The Kier molecular flexibility index (Phi) is 3.26. The van der Waals surface area contributed by atoms with Gasteiger partial charge in [0, 0.05) is 11.3 Å². The second-order valence-electron chi connectivity index (χ2n) is 4.72. The summed E-state index contributed by atoms with van der Waals surface area (Å²) < 4.78 is 0. The maximum Gasteiger partial charge on any atom is 0.321 e. The lowest BCUT2D eigenvalue weighted by atomic mass is 10.0. The minimum Gasteiger partial charge on any atom is -0.480 e. The van der Waals surface area contributed by atoms with E-state index in [0.717, 1.165) is 19.4 Å². The van der Waals surface area contributed by atoms with E-state index in [0.29, 0.717) is 17.2 Å². The fourth-order valence-electron chi connectivity index (χ4n) is 2.89. The monoisotopic (exact) mass is 229 g/mol. The number of aliphatic carboxylic acids is 1. The SMILES string of the molecule is CC1CCN(C2CCSC2C)C1C(=O)O. The van der Waals surface area contributed by atoms with Gasteiger partial charge >= 0.3 is 5.97 Å². The van der Waals surface area contributed by atoms with E-state index in [1.165, 1.54) is 5.75 Å². The van der Waals surface area contributed by atoms with Crippen LogP contribution in [-0.2, 0) is 4.79 Å². The smallest absolute Gasteiger partial charge is 0.321 e. The van der Waals surface area contributed by atoms with Gasteiger partial charge in [0.15, 0.2) is 0 Å². The van der Waals surface area contributed by atoms with Crippen LogP contribution in [0.25, 0.3) is 0 Å². The van der Waals surface area contributed by atoms with E-state index in [1.54, 1.807) is 0 Å². The molecule has 0 aromatic carbocycles. The number of nitrogens with zero attached hydrogens (tertiary/aromatic N) is 1. The first-order valence-corrected chi connectivity index (χ1v) is 6.76. The van der Waals surface area contributed by atoms with Gasteiger partial charge in [0.05, 0.1) is 0 Å². The minimum atomic E-state index is -0.635. The molecule has 4 atom stereocenters. The molecule has 0 aromatic rings. The molecular formula is C11H19NO2S. The van der Waals surface area contributed by atoms with Gasteiger partial charge in [-0.25, -0.2) is 0 Å². The van der Waals surface area contributed by atoms with Crippen molar-refractivity contribution in [1.82, 2.24) is 4.90 Å². The second-order valence-corrected chi connectivity index (χ2v) is 6.20. The van der Waals surface area contributed by atoms with Crippen molar-refractivity contribution in [2.45, 2.75) is 44.0 Å². The molecule has 4 heteroatoms. The van der Waals surface area contributed by atoms with Gasteiger partial charge in [-0.15, -0.1) is 0 Å². The van der Waals surface area contributed by atoms with Crippen LogP contribution in [0.3, 0.4) is 0 Å². The first-order valence-electron chi connectivity index (χ1n) is 5.71. The zero-order valence-corrected chi connectivity index (χ0v) is 10.2. The Labute approximate surface area is 95.2 Å². The van der Waals surface area contributed by atoms with Crippen LogP contribution < -0.4 is 0 Å². The number of carbonyl (C=O) groups is 1. The molecule has 1 N–H and O–H groups in total. The fraction of sp³-hybridized carbons (Fsp3) is 0.909. The van der Waals surface area contributed by atoms with Gasteiger partial charge in [0.1, 0.15) is 6.04 Å². The van der Waals surface area contributed by atoms with Crippen molar-refractivity contribution >= 4 is 17.7 Å². The van der Waals surface area contributed by atoms with Gasteiger partial charge in [0.25, 0.3) is 0 Å². The van der Waals surface area contributed by atoms with Crippen molar-refractivity contribution in [3.8, 4) is 0 Å². The molecule has 2 heterocycles. The van der Waals surface area contributed by atoms with E-state index in [1.807, 2.05) is 11.8 Å². The molecule has 15 heavy (non-hydrogen) atoms. The highest BCUT2D eigenvalue weighted by Crippen LogP contribution is 2.36. The second kappa shape index (κ2) is 4.34. The molecular weight excluding hydrogens is 210 g/mol. The predicted molar refractivity (Wildman–Crippen MR) is 62.2 cm³/mol. The maximum atomic E-state index is 11.2. The van der Waals surface area contributed by atoms with Crippen LogP contribution >= 0.6 is 11.8 Å². The average Bonchev–Trinajstić information content (AvgIpc) is 2.71. The lowest BCUT2D eigenvalue weighted by Crippen LogP contribution is -2.47. The molecule has 2 fully saturated rings. The summed E-state index contributed by atoms with van der Waals surface area (Å²) in [7, 11) is 0. The van der Waals surface area contributed by atoms with Crippen molar-refractivity contribution < 1.29 is 9.90 Å². The Hall–Kier alpha value is -0.220. The molecule has 0 aliphatic carbocycles. The summed E-state index contributed by atoms with van der Waals surface area (Å²) in [6.07, 6.45) is 2.19. The molecule has 4 unspecified atom stereocenters. The summed E-state index contributed by atoms with van der Waals surface area (Å²) in [6.45, 7) is 5.25. The van der Waals surface area contributed by atoms with Gasteiger partial charge in [-0.1, -0.05) is 13.8 Å². The average molecular weight is 229 g/mol. The quantitative estimate of drug-likeness (QED) is 0.782. The van der Waals surface area contributed by atoms with E-state index in [9.17, 15) is 9.90 Å². The van der Waals surface area contributed by atoms with Gasteiger partial charge < -0.3 is 5.11 Å². The van der Waals surface area contributed by atoms with E-state index in [4.69, 9.17) is 0 Å². The summed E-state index contributed by atoms with van der Waals surface area (Å²) in [5.74, 6) is 0.854. The fourth-order valence-corrected chi connectivity index (χ4v) is 4.15. The van der Waals surface area contributed by atoms with Crippen molar-refractivity contribution in [1.29, 1.82) is 0 Å². The highest BCUT2D eigenvalue weighted by atomic mass is 32.2. The summed E-state index contributed by atoms with van der Waals surface area (Å²) in [5, 5.41) is 9.85. The first kappa shape index (κ1) is 11.3. The van der Waals surface area contributed by atoms with Crippen molar-refractivity contribution in [3.63, 3.8) is 0 Å². The molecule has 86 valence electrons. The highest BCUT2D eigenvalue weighted by Gasteiger charge is 2.43. The molecule has 0 saturated carbocycles. The predicted octanol–water partition coefficient (Wildman–Crippen LogP) is 1.68. The van der Waals surface area contributed by atoms with Crippen LogP contribution in [0, 0.1) is 5.92 Å². The van der Waals surface area contributed by atoms with E-state index >= 15 is 0 Å². The number of carboxylic acids is 1. The Bertz CT molecular complexity index is 259. The Morgan fingerprint density at radius 3 is 2.67 bits per heavy atom. The topological polar surface area (TPSA) is 40.5 Å². The summed E-state index contributed by atoms with van der Waals surface area (Å²) in [4.78, 5) is 13.5. The Morgan fingerprint density at radius 1 is 1.40 bits per heavy atom. The van der Waals surface area contributed by atoms with Crippen LogP contribution in [0.5, 0.6) is 0 Å². The molecule has 0 aromatic heterocycles. The summed E-state index contributed by atoms with van der Waals surface area (Å²) in [5.41, 5.74) is 0. The van der Waals surface area contributed by atoms with Gasteiger partial charge in [0.2, 0.25) is 0 Å². The van der Waals surface area contributed by atoms with Crippen LogP contribution in [0.1, 0.15) is 26.7 Å². The van der Waals surface area contributed by atoms with Crippen molar-refractivity contribution in [2.24, 2.45) is 5.92 Å². The molecule has 2 aliphatic rings. The molecule has 3 nitrogen and oxygen atoms in total. The van der Waals surface area contributed by atoms with Crippen LogP contribution in [-0.4, -0.2) is 45.6 Å². The molecule has 2 rings (SSSR count). The van der Waals surface area contributed by atoms with E-state index < -0.39 is 5.97 Å². The third-order valence-corrected chi connectivity index (χ3v) is 5.07. The highest BCUT2D eigenvalue weighted by molar-refractivity contribution is 8.00. The van der Waals surface area contributed by atoms with Crippen molar-refractivity contribution in [3.05, 3.63) is 0 Å². The van der Waals surface area contributed by atoms with Crippen molar-refractivity contribution in [2.75, 3.05) is 12.3 Å². The molecule has 0 bridgehead atoms. The standard InChI is InChI=1S/C11H19NO2S/c1-7-3-5-12(10(7)11(13)14)9-4-6-15-8(9)2/h7-10H,3-6H2,1-2H3,(H,13,14). The third kappa shape index (κ3) is 2.02. The molecule has 0 radical (unpaired) electrons. The molecule has 2 aliphatic heterocycles. The third-order valence-electron chi connectivity index (χ3n) is 3.75. The zero-order chi connectivity index (χ0) is 11.0. The molecule has 2 saturated heterocycles. The summed E-state index contributed by atoms with van der Waals surface area (Å²) in [6, 6.07) is 0.247. The number of thioether (sulfide) groups is 1. The number of hydrogen-bond acceptors (Lipinski definition) is 3. The van der Waals surface area contributed by atoms with E-state index in [-0.39, 0.29) is 6.04 Å². The molecule has 0 spiro atoms. The lowest BCUT2D eigenvalue weighted by Gasteiger charge is -2.31.